The van der Waals surface area contributed by atoms with Crippen LogP contribution in [0.1, 0.15) is 33.5 Å². The molecule has 0 saturated heterocycles. The van der Waals surface area contributed by atoms with Gasteiger partial charge in [-0.25, -0.2) is 4.98 Å². The molecule has 0 unspecified atom stereocenters. The van der Waals surface area contributed by atoms with Crippen molar-refractivity contribution < 1.29 is 9.21 Å². The van der Waals surface area contributed by atoms with Crippen molar-refractivity contribution >= 4 is 16.9 Å². The van der Waals surface area contributed by atoms with Gasteiger partial charge in [-0.3, -0.25) is 4.79 Å². The van der Waals surface area contributed by atoms with E-state index in [1.54, 1.807) is 12.4 Å². The van der Waals surface area contributed by atoms with Gasteiger partial charge in [0, 0.05) is 29.8 Å². The first-order chi connectivity index (χ1) is 12.7. The number of carbonyl (C=O) groups is 1. The van der Waals surface area contributed by atoms with Crippen LogP contribution in [0.3, 0.4) is 0 Å². The number of furan rings is 1. The number of nitrogens with zero attached hydrogens (tertiary/aromatic N) is 1. The van der Waals surface area contributed by atoms with Gasteiger partial charge in [-0.2, -0.15) is 0 Å². The molecule has 0 bridgehead atoms. The Hall–Kier alpha value is -3.34. The minimum atomic E-state index is -0.223. The Balaban J connectivity index is 1.64. The molecule has 130 valence electrons. The summed E-state index contributed by atoms with van der Waals surface area (Å²) in [5.41, 5.74) is 2.59. The van der Waals surface area contributed by atoms with Crippen molar-refractivity contribution in [1.82, 2.24) is 15.3 Å². The molecule has 2 aromatic carbocycles. The predicted molar refractivity (Wildman–Crippen MR) is 99.9 cm³/mol. The zero-order chi connectivity index (χ0) is 17.9. The summed E-state index contributed by atoms with van der Waals surface area (Å²) in [5.74, 6) is 0.950. The van der Waals surface area contributed by atoms with Gasteiger partial charge in [0.05, 0.1) is 6.04 Å². The number of hydrogen-bond acceptors (Lipinski definition) is 3. The highest BCUT2D eigenvalue weighted by molar-refractivity contribution is 5.99. The maximum Gasteiger partial charge on any atom is 0.287 e. The van der Waals surface area contributed by atoms with Gasteiger partial charge in [-0.15, -0.1) is 0 Å². The fourth-order valence-corrected chi connectivity index (χ4v) is 3.16. The number of hydrogen-bond donors (Lipinski definition) is 2. The Morgan fingerprint density at radius 3 is 2.65 bits per heavy atom. The summed E-state index contributed by atoms with van der Waals surface area (Å²) in [7, 11) is 0. The molecule has 2 N–H and O–H groups in total. The van der Waals surface area contributed by atoms with Crippen LogP contribution in [-0.4, -0.2) is 15.9 Å². The molecule has 1 amide bonds. The number of benzene rings is 2. The van der Waals surface area contributed by atoms with E-state index < -0.39 is 0 Å². The normalized spacial score (nSPS) is 12.2. The zero-order valence-corrected chi connectivity index (χ0v) is 14.4. The second kappa shape index (κ2) is 6.88. The van der Waals surface area contributed by atoms with E-state index in [0.29, 0.717) is 12.2 Å². The molecule has 0 aliphatic rings. The summed E-state index contributed by atoms with van der Waals surface area (Å²) < 4.78 is 5.80. The predicted octanol–water partition coefficient (Wildman–Crippen LogP) is 4.18. The van der Waals surface area contributed by atoms with E-state index in [1.165, 1.54) is 0 Å². The highest BCUT2D eigenvalue weighted by Crippen LogP contribution is 2.26. The lowest BCUT2D eigenvalue weighted by Gasteiger charge is -2.18. The summed E-state index contributed by atoms with van der Waals surface area (Å²) >= 11 is 0. The van der Waals surface area contributed by atoms with Crippen LogP contribution in [0.25, 0.3) is 11.0 Å². The van der Waals surface area contributed by atoms with Crippen LogP contribution < -0.4 is 5.32 Å². The number of carbonyl (C=O) groups excluding carboxylic acids is 1. The van der Waals surface area contributed by atoms with Gasteiger partial charge in [-0.1, -0.05) is 48.5 Å². The molecule has 1 atom stereocenters. The number of nitrogens with one attached hydrogen (secondary N) is 2. The second-order valence-electron chi connectivity index (χ2n) is 6.23. The number of aromatic nitrogens is 2. The van der Waals surface area contributed by atoms with Crippen molar-refractivity contribution in [3.05, 3.63) is 89.7 Å². The van der Waals surface area contributed by atoms with Crippen LogP contribution in [0.4, 0.5) is 0 Å². The molecule has 4 aromatic rings. The van der Waals surface area contributed by atoms with E-state index in [9.17, 15) is 4.79 Å². The highest BCUT2D eigenvalue weighted by atomic mass is 16.3. The molecule has 2 aromatic heterocycles. The van der Waals surface area contributed by atoms with Gasteiger partial charge in [0.25, 0.3) is 5.91 Å². The number of rotatable bonds is 5. The Labute approximate surface area is 151 Å². The van der Waals surface area contributed by atoms with Crippen molar-refractivity contribution in [2.24, 2.45) is 0 Å². The third-order valence-electron chi connectivity index (χ3n) is 4.51. The number of H-pyrrole nitrogens is 1. The smallest absolute Gasteiger partial charge is 0.287 e. The van der Waals surface area contributed by atoms with Gasteiger partial charge in [-0.05, 0) is 18.6 Å². The monoisotopic (exact) mass is 345 g/mol. The maximum atomic E-state index is 12.9. The zero-order valence-electron chi connectivity index (χ0n) is 14.4. The minimum Gasteiger partial charge on any atom is -0.451 e. The number of fused-ring (bicyclic) bond motifs is 1. The largest absolute Gasteiger partial charge is 0.451 e. The average Bonchev–Trinajstić information content (AvgIpc) is 3.30. The van der Waals surface area contributed by atoms with Gasteiger partial charge in [0.2, 0.25) is 0 Å². The lowest BCUT2D eigenvalue weighted by atomic mass is 10.0. The molecule has 4 rings (SSSR count). The Kier molecular flexibility index (Phi) is 4.27. The fourth-order valence-electron chi connectivity index (χ4n) is 3.16. The first-order valence-corrected chi connectivity index (χ1v) is 8.54. The number of aryl methyl sites for hydroxylation is 1. The molecular formula is C21H19N3O2. The second-order valence-corrected chi connectivity index (χ2v) is 6.23. The van der Waals surface area contributed by atoms with Gasteiger partial charge < -0.3 is 14.7 Å². The summed E-state index contributed by atoms with van der Waals surface area (Å²) in [6.45, 7) is 1.91. The summed E-state index contributed by atoms with van der Waals surface area (Å²) in [6.07, 6.45) is 4.06. The van der Waals surface area contributed by atoms with Crippen LogP contribution in [0.5, 0.6) is 0 Å². The third-order valence-corrected chi connectivity index (χ3v) is 4.51. The van der Waals surface area contributed by atoms with Crippen LogP contribution in [0, 0.1) is 6.92 Å². The molecule has 2 heterocycles. The van der Waals surface area contributed by atoms with Crippen molar-refractivity contribution in [3.63, 3.8) is 0 Å². The van der Waals surface area contributed by atoms with E-state index in [1.807, 2.05) is 61.5 Å². The van der Waals surface area contributed by atoms with E-state index in [2.05, 4.69) is 15.3 Å². The molecular weight excluding hydrogens is 326 g/mol. The Morgan fingerprint density at radius 2 is 1.92 bits per heavy atom. The van der Waals surface area contributed by atoms with Crippen molar-refractivity contribution in [2.75, 3.05) is 0 Å². The van der Waals surface area contributed by atoms with Gasteiger partial charge in [0.15, 0.2) is 5.76 Å². The SMILES string of the molecule is Cc1c(C(=O)N[C@H](Cc2ncc[nH]2)c2ccccc2)oc2ccccc12. The first-order valence-electron chi connectivity index (χ1n) is 8.54. The average molecular weight is 345 g/mol. The number of para-hydroxylation sites is 1. The van der Waals surface area contributed by atoms with E-state index in [0.717, 1.165) is 27.9 Å². The number of imidazole rings is 1. The quantitative estimate of drug-likeness (QED) is 0.570. The molecule has 0 spiro atoms. The molecule has 5 nitrogen and oxygen atoms in total. The third kappa shape index (κ3) is 3.11. The van der Waals surface area contributed by atoms with E-state index >= 15 is 0 Å². The highest BCUT2D eigenvalue weighted by Gasteiger charge is 2.22. The fraction of sp³-hybridized carbons (Fsp3) is 0.143. The first kappa shape index (κ1) is 16.1. The number of aromatic amines is 1. The lowest BCUT2D eigenvalue weighted by molar-refractivity contribution is 0.0909. The number of amides is 1. The summed E-state index contributed by atoms with van der Waals surface area (Å²) in [4.78, 5) is 20.3. The van der Waals surface area contributed by atoms with Gasteiger partial charge >= 0.3 is 0 Å². The van der Waals surface area contributed by atoms with Crippen LogP contribution in [0.2, 0.25) is 0 Å². The van der Waals surface area contributed by atoms with Crippen molar-refractivity contribution in [2.45, 2.75) is 19.4 Å². The van der Waals surface area contributed by atoms with Gasteiger partial charge in [0.1, 0.15) is 11.4 Å². The van der Waals surface area contributed by atoms with E-state index in [4.69, 9.17) is 4.42 Å². The van der Waals surface area contributed by atoms with Crippen LogP contribution in [0.15, 0.2) is 71.4 Å². The molecule has 0 saturated carbocycles. The minimum absolute atomic E-state index is 0.206. The van der Waals surface area contributed by atoms with Crippen molar-refractivity contribution in [1.29, 1.82) is 0 Å². The summed E-state index contributed by atoms with van der Waals surface area (Å²) in [5, 5.41) is 4.06. The standard InChI is InChI=1S/C21H19N3O2/c1-14-16-9-5-6-10-18(16)26-20(14)21(25)24-17(13-19-22-11-12-23-19)15-7-3-2-4-8-15/h2-12,17H,13H2,1H3,(H,22,23)(H,24,25)/t17-/m1/s1. The molecule has 0 aliphatic heterocycles. The molecule has 5 heteroatoms. The maximum absolute atomic E-state index is 12.9. The Morgan fingerprint density at radius 1 is 1.15 bits per heavy atom. The molecule has 0 aliphatic carbocycles. The summed E-state index contributed by atoms with van der Waals surface area (Å²) in [6, 6.07) is 17.3. The lowest BCUT2D eigenvalue weighted by Crippen LogP contribution is -2.30. The molecule has 0 radical (unpaired) electrons. The molecule has 0 fully saturated rings. The molecule has 26 heavy (non-hydrogen) atoms. The van der Waals surface area contributed by atoms with Crippen molar-refractivity contribution in [3.8, 4) is 0 Å². The van der Waals surface area contributed by atoms with E-state index in [-0.39, 0.29) is 11.9 Å². The topological polar surface area (TPSA) is 70.9 Å². The Bertz CT molecular complexity index is 1020. The van der Waals surface area contributed by atoms with Crippen LogP contribution in [-0.2, 0) is 6.42 Å². The van der Waals surface area contributed by atoms with Crippen LogP contribution >= 0.6 is 0 Å².